The molecule has 8 nitrogen and oxygen atoms in total. The molecule has 244 valence electrons. The summed E-state index contributed by atoms with van der Waals surface area (Å²) < 4.78 is 80.8. The zero-order valence-corrected chi connectivity index (χ0v) is 24.6. The first-order chi connectivity index (χ1) is 21.2. The molecule has 1 aromatic heterocycles. The van der Waals surface area contributed by atoms with Crippen molar-refractivity contribution in [3.63, 3.8) is 0 Å². The van der Waals surface area contributed by atoms with Crippen molar-refractivity contribution in [2.45, 2.75) is 58.0 Å². The first-order valence-electron chi connectivity index (χ1n) is 14.2. The fourth-order valence-corrected chi connectivity index (χ4v) is 4.76. The van der Waals surface area contributed by atoms with E-state index in [1.165, 1.54) is 6.07 Å². The van der Waals surface area contributed by atoms with Gasteiger partial charge >= 0.3 is 6.18 Å². The highest BCUT2D eigenvalue weighted by Crippen LogP contribution is 2.30. The third kappa shape index (κ3) is 10.5. The summed E-state index contributed by atoms with van der Waals surface area (Å²) in [5, 5.41) is 16.1. The predicted molar refractivity (Wildman–Crippen MR) is 154 cm³/mol. The average Bonchev–Trinajstić information content (AvgIpc) is 2.94. The second-order valence-electron chi connectivity index (χ2n) is 10.5. The molecule has 0 radical (unpaired) electrons. The van der Waals surface area contributed by atoms with Gasteiger partial charge in [-0.05, 0) is 66.8 Å². The molecule has 14 heteroatoms. The summed E-state index contributed by atoms with van der Waals surface area (Å²) in [6.07, 6.45) is -5.24. The summed E-state index contributed by atoms with van der Waals surface area (Å²) in [6, 6.07) is 5.58. The van der Waals surface area contributed by atoms with Crippen molar-refractivity contribution in [1.29, 1.82) is 0 Å². The van der Waals surface area contributed by atoms with Gasteiger partial charge in [-0.2, -0.15) is 13.2 Å². The van der Waals surface area contributed by atoms with Crippen LogP contribution in [0.15, 0.2) is 53.3 Å². The Labute approximate surface area is 255 Å². The van der Waals surface area contributed by atoms with Crippen LogP contribution in [-0.2, 0) is 19.1 Å². The molecule has 0 aliphatic heterocycles. The summed E-state index contributed by atoms with van der Waals surface area (Å²) in [7, 11) is 0. The molecule has 4 N–H and O–H groups in total. The lowest BCUT2D eigenvalue weighted by Crippen LogP contribution is -2.49. The SMILES string of the molecule is CCCN(CCC)C(=O)c1cc(C(=O)N[C@@H](Cc2cc(F)cc(F)c2)[C@H](O)CNCc2cc(F)cc(C(F)(F)F)c2)[nH]c(=O)c1. The summed E-state index contributed by atoms with van der Waals surface area (Å²) in [5.74, 6) is -4.30. The highest BCUT2D eigenvalue weighted by molar-refractivity contribution is 5.98. The summed E-state index contributed by atoms with van der Waals surface area (Å²) in [5.41, 5.74) is -2.29. The summed E-state index contributed by atoms with van der Waals surface area (Å²) in [4.78, 5) is 42.6. The number of amides is 2. The van der Waals surface area contributed by atoms with Crippen LogP contribution in [0, 0.1) is 17.5 Å². The fraction of sp³-hybridized carbons (Fsp3) is 0.387. The van der Waals surface area contributed by atoms with Gasteiger partial charge in [-0.25, -0.2) is 13.2 Å². The van der Waals surface area contributed by atoms with E-state index in [2.05, 4.69) is 15.6 Å². The highest BCUT2D eigenvalue weighted by atomic mass is 19.4. The molecule has 0 aliphatic rings. The van der Waals surface area contributed by atoms with Crippen molar-refractivity contribution in [3.8, 4) is 0 Å². The fourth-order valence-electron chi connectivity index (χ4n) is 4.76. The third-order valence-electron chi connectivity index (χ3n) is 6.74. The van der Waals surface area contributed by atoms with Crippen molar-refractivity contribution in [3.05, 3.63) is 104 Å². The summed E-state index contributed by atoms with van der Waals surface area (Å²) >= 11 is 0. The van der Waals surface area contributed by atoms with Crippen LogP contribution in [0.4, 0.5) is 26.3 Å². The van der Waals surface area contributed by atoms with Gasteiger partial charge in [0.15, 0.2) is 0 Å². The van der Waals surface area contributed by atoms with Gasteiger partial charge in [0.25, 0.3) is 11.8 Å². The molecule has 0 unspecified atom stereocenters. The number of aliphatic hydroxyl groups excluding tert-OH is 1. The van der Waals surface area contributed by atoms with Gasteiger partial charge in [0.2, 0.25) is 5.56 Å². The normalized spacial score (nSPS) is 12.9. The molecule has 2 aromatic carbocycles. The molecule has 0 fully saturated rings. The molecule has 2 atom stereocenters. The van der Waals surface area contributed by atoms with Gasteiger partial charge in [0.05, 0.1) is 17.7 Å². The van der Waals surface area contributed by atoms with Crippen LogP contribution in [0.5, 0.6) is 0 Å². The molecular weight excluding hydrogens is 606 g/mol. The molecule has 2 amide bonds. The van der Waals surface area contributed by atoms with Crippen LogP contribution in [0.25, 0.3) is 0 Å². The second-order valence-corrected chi connectivity index (χ2v) is 10.5. The number of aromatic amines is 1. The van der Waals surface area contributed by atoms with Crippen molar-refractivity contribution < 1.29 is 41.0 Å². The lowest BCUT2D eigenvalue weighted by Gasteiger charge is -2.25. The molecule has 1 heterocycles. The van der Waals surface area contributed by atoms with Gasteiger partial charge in [-0.15, -0.1) is 0 Å². The van der Waals surface area contributed by atoms with E-state index >= 15 is 0 Å². The predicted octanol–water partition coefficient (Wildman–Crippen LogP) is 4.57. The van der Waals surface area contributed by atoms with Crippen molar-refractivity contribution in [2.75, 3.05) is 19.6 Å². The number of alkyl halides is 3. The molecular formula is C31H34F6N4O4. The number of halogens is 6. The highest BCUT2D eigenvalue weighted by Gasteiger charge is 2.31. The van der Waals surface area contributed by atoms with E-state index < -0.39 is 58.7 Å². The van der Waals surface area contributed by atoms with E-state index in [1.807, 2.05) is 13.8 Å². The lowest BCUT2D eigenvalue weighted by atomic mass is 10.00. The van der Waals surface area contributed by atoms with E-state index in [0.29, 0.717) is 38.1 Å². The van der Waals surface area contributed by atoms with Gasteiger partial charge < -0.3 is 25.6 Å². The smallest absolute Gasteiger partial charge is 0.390 e. The number of H-pyrrole nitrogens is 1. The van der Waals surface area contributed by atoms with Gasteiger partial charge in [-0.3, -0.25) is 14.4 Å². The van der Waals surface area contributed by atoms with Crippen LogP contribution in [-0.4, -0.2) is 58.6 Å². The van der Waals surface area contributed by atoms with Crippen LogP contribution >= 0.6 is 0 Å². The Kier molecular flexibility index (Phi) is 12.3. The Bertz CT molecular complexity index is 1520. The van der Waals surface area contributed by atoms with E-state index in [9.17, 15) is 45.8 Å². The minimum absolute atomic E-state index is 0.0370. The van der Waals surface area contributed by atoms with Crippen LogP contribution in [0.2, 0.25) is 0 Å². The Morgan fingerprint density at radius 1 is 0.889 bits per heavy atom. The minimum Gasteiger partial charge on any atom is -0.390 e. The molecule has 0 bridgehead atoms. The number of hydrogen-bond donors (Lipinski definition) is 4. The third-order valence-corrected chi connectivity index (χ3v) is 6.74. The standard InChI is InChI=1S/C31H34F6N4O4/c1-3-5-41(6-4-2)30(45)20-12-26(39-28(43)13-20)29(44)40-25(11-18-8-23(33)15-24(34)9-18)27(42)17-38-16-19-7-21(31(35,36)37)14-22(32)10-19/h7-10,12-15,25,27,38,42H,3-6,11,16-17H2,1-2H3,(H,39,43)(H,40,44)/t25-,27+/m0/s1. The largest absolute Gasteiger partial charge is 0.416 e. The zero-order chi connectivity index (χ0) is 33.3. The lowest BCUT2D eigenvalue weighted by molar-refractivity contribution is -0.137. The van der Waals surface area contributed by atoms with Gasteiger partial charge in [0.1, 0.15) is 23.1 Å². The Balaban J connectivity index is 1.83. The minimum atomic E-state index is -4.78. The number of carbonyl (C=O) groups is 2. The number of nitrogens with one attached hydrogen (secondary N) is 3. The van der Waals surface area contributed by atoms with E-state index in [4.69, 9.17) is 0 Å². The quantitative estimate of drug-likeness (QED) is 0.193. The van der Waals surface area contributed by atoms with Crippen molar-refractivity contribution >= 4 is 11.8 Å². The number of nitrogens with zero attached hydrogens (tertiary/aromatic N) is 1. The Hall–Kier alpha value is -4.17. The monoisotopic (exact) mass is 640 g/mol. The van der Waals surface area contributed by atoms with Gasteiger partial charge in [-0.1, -0.05) is 13.8 Å². The summed E-state index contributed by atoms with van der Waals surface area (Å²) in [6.45, 7) is 3.99. The number of aromatic nitrogens is 1. The van der Waals surface area contributed by atoms with Crippen molar-refractivity contribution in [2.24, 2.45) is 0 Å². The topological polar surface area (TPSA) is 115 Å². The molecule has 0 saturated carbocycles. The first-order valence-corrected chi connectivity index (χ1v) is 14.2. The molecule has 0 spiro atoms. The number of pyridine rings is 1. The van der Waals surface area contributed by atoms with E-state index in [0.717, 1.165) is 30.3 Å². The maximum Gasteiger partial charge on any atom is 0.416 e. The maximum atomic E-state index is 13.9. The number of carbonyl (C=O) groups excluding carboxylic acids is 2. The maximum absolute atomic E-state index is 13.9. The Morgan fingerprint density at radius 3 is 2.09 bits per heavy atom. The van der Waals surface area contributed by atoms with E-state index in [-0.39, 0.29) is 41.9 Å². The number of rotatable bonds is 14. The average molecular weight is 641 g/mol. The second kappa shape index (κ2) is 15.7. The molecule has 0 aliphatic carbocycles. The molecule has 3 rings (SSSR count). The van der Waals surface area contributed by atoms with Crippen LogP contribution < -0.4 is 16.2 Å². The van der Waals surface area contributed by atoms with Crippen LogP contribution in [0.3, 0.4) is 0 Å². The van der Waals surface area contributed by atoms with Crippen LogP contribution in [0.1, 0.15) is 64.2 Å². The Morgan fingerprint density at radius 2 is 1.49 bits per heavy atom. The number of benzene rings is 2. The first kappa shape index (κ1) is 35.3. The molecule has 45 heavy (non-hydrogen) atoms. The molecule has 3 aromatic rings. The van der Waals surface area contributed by atoms with E-state index in [1.54, 1.807) is 4.90 Å². The van der Waals surface area contributed by atoms with Crippen molar-refractivity contribution in [1.82, 2.24) is 20.5 Å². The molecule has 0 saturated heterocycles. The number of aliphatic hydroxyl groups is 1. The number of hydrogen-bond acceptors (Lipinski definition) is 5. The zero-order valence-electron chi connectivity index (χ0n) is 24.6. The van der Waals surface area contributed by atoms with Gasteiger partial charge in [0, 0.05) is 43.9 Å².